The first-order valence-electron chi connectivity index (χ1n) is 8.93. The maximum Gasteiger partial charge on any atom is 0.311 e. The lowest BCUT2D eigenvalue weighted by atomic mass is 10.2. The van der Waals surface area contributed by atoms with Crippen LogP contribution in [0.2, 0.25) is 0 Å². The Hall–Kier alpha value is -1.67. The van der Waals surface area contributed by atoms with E-state index in [2.05, 4.69) is 40.5 Å². The fraction of sp³-hybridized carbons (Fsp3) is 0.278. The van der Waals surface area contributed by atoms with Gasteiger partial charge in [-0.2, -0.15) is 16.8 Å². The second-order valence-electron chi connectivity index (χ2n) is 6.34. The van der Waals surface area contributed by atoms with Crippen LogP contribution in [0.5, 0.6) is 11.5 Å². The van der Waals surface area contributed by atoms with Gasteiger partial charge in [0.2, 0.25) is 0 Å². The smallest absolute Gasteiger partial charge is 0.311 e. The molecule has 0 fully saturated rings. The summed E-state index contributed by atoms with van der Waals surface area (Å²) in [5, 5.41) is 0. The van der Waals surface area contributed by atoms with Gasteiger partial charge in [-0.25, -0.2) is 4.99 Å². The molecule has 0 aliphatic heterocycles. The van der Waals surface area contributed by atoms with Gasteiger partial charge < -0.3 is 16.2 Å². The lowest BCUT2D eigenvalue weighted by Gasteiger charge is -2.12. The summed E-state index contributed by atoms with van der Waals surface area (Å²) in [5.41, 5.74) is 11.5. The largest absolute Gasteiger partial charge is 0.455 e. The van der Waals surface area contributed by atoms with Crippen molar-refractivity contribution in [2.45, 2.75) is 31.2 Å². The first-order valence-corrected chi connectivity index (χ1v) is 13.5. The molecule has 2 aromatic rings. The Morgan fingerprint density at radius 2 is 1.71 bits per heavy atom. The Morgan fingerprint density at radius 1 is 1.00 bits per heavy atom. The molecule has 0 saturated carbocycles. The number of unbranched alkanes of at least 4 members (excludes halogenated alkanes) is 1. The number of nitrogens with zero attached hydrogens (tertiary/aromatic N) is 1. The van der Waals surface area contributed by atoms with E-state index >= 15 is 0 Å². The Kier molecular flexibility index (Phi) is 8.89. The molecule has 4 N–H and O–H groups in total. The third-order valence-electron chi connectivity index (χ3n) is 3.79. The van der Waals surface area contributed by atoms with Gasteiger partial charge in [0.15, 0.2) is 5.96 Å². The van der Waals surface area contributed by atoms with Crippen LogP contribution in [-0.4, -0.2) is 28.5 Å². The van der Waals surface area contributed by atoms with Crippen molar-refractivity contribution >= 4 is 58.1 Å². The van der Waals surface area contributed by atoms with Gasteiger partial charge in [0.25, 0.3) is 10.1 Å². The maximum atomic E-state index is 12.5. The molecule has 2 aromatic carbocycles. The first kappa shape index (κ1) is 25.6. The number of hydrogen-bond donors (Lipinski definition) is 2. The van der Waals surface area contributed by atoms with E-state index in [1.807, 2.05) is 0 Å². The number of hydrogen-bond acceptors (Lipinski definition) is 7. The zero-order valence-electron chi connectivity index (χ0n) is 16.4. The molecule has 31 heavy (non-hydrogen) atoms. The van der Waals surface area contributed by atoms with Gasteiger partial charge in [0.1, 0.15) is 11.5 Å². The third kappa shape index (κ3) is 7.75. The highest BCUT2D eigenvalue weighted by Gasteiger charge is 2.25. The molecule has 0 aromatic heterocycles. The fourth-order valence-corrected chi connectivity index (χ4v) is 5.92. The Labute approximate surface area is 198 Å². The summed E-state index contributed by atoms with van der Waals surface area (Å²) in [4.78, 5) is 3.57. The monoisotopic (exact) mass is 597 g/mol. The summed E-state index contributed by atoms with van der Waals surface area (Å²) in [6, 6.07) is 8.96. The van der Waals surface area contributed by atoms with Crippen molar-refractivity contribution in [1.29, 1.82) is 0 Å². The second kappa shape index (κ2) is 10.8. The van der Waals surface area contributed by atoms with E-state index in [4.69, 9.17) is 16.2 Å². The van der Waals surface area contributed by atoms with Crippen LogP contribution in [0.1, 0.15) is 25.3 Å². The van der Waals surface area contributed by atoms with Crippen LogP contribution >= 0.6 is 31.9 Å². The molecule has 0 heterocycles. The number of nitrogens with two attached hydrogens (primary N) is 2. The van der Waals surface area contributed by atoms with E-state index < -0.39 is 20.2 Å². The molecule has 0 unspecified atom stereocenters. The summed E-state index contributed by atoms with van der Waals surface area (Å²) in [6.07, 6.45) is 0.873. The van der Waals surface area contributed by atoms with Gasteiger partial charge in [0, 0.05) is 6.07 Å². The Morgan fingerprint density at radius 3 is 2.32 bits per heavy atom. The molecule has 13 heteroatoms. The van der Waals surface area contributed by atoms with Gasteiger partial charge in [-0.1, -0.05) is 19.4 Å². The van der Waals surface area contributed by atoms with Gasteiger partial charge >= 0.3 is 10.1 Å². The number of rotatable bonds is 10. The van der Waals surface area contributed by atoms with Crippen molar-refractivity contribution in [2.75, 3.05) is 5.75 Å². The minimum Gasteiger partial charge on any atom is -0.455 e. The molecular formula is C18H21Br2N3O6S2. The molecule has 0 aliphatic carbocycles. The third-order valence-corrected chi connectivity index (χ3v) is 8.23. The van der Waals surface area contributed by atoms with Gasteiger partial charge in [-0.05, 0) is 68.1 Å². The minimum atomic E-state index is -4.55. The summed E-state index contributed by atoms with van der Waals surface area (Å²) >= 11 is 6.67. The summed E-state index contributed by atoms with van der Waals surface area (Å²) < 4.78 is 60.1. The molecule has 0 radical (unpaired) electrons. The number of ether oxygens (including phenoxy) is 1. The van der Waals surface area contributed by atoms with Gasteiger partial charge in [-0.3, -0.25) is 0 Å². The van der Waals surface area contributed by atoms with Crippen LogP contribution in [0.4, 0.5) is 0 Å². The molecule has 0 spiro atoms. The highest BCUT2D eigenvalue weighted by atomic mass is 79.9. The maximum absolute atomic E-state index is 12.5. The van der Waals surface area contributed by atoms with Crippen molar-refractivity contribution in [3.8, 4) is 11.5 Å². The van der Waals surface area contributed by atoms with Crippen LogP contribution in [0, 0.1) is 0 Å². The predicted molar refractivity (Wildman–Crippen MR) is 125 cm³/mol. The standard InChI is InChI=1S/C18H21Br2N3O6S2/c1-2-3-8-30(24,25)29-31(26,27)13-5-6-14(19)17(10-13)28-16-7-4-12(9-15(16)20)11-23-18(21)22/h4-7,9-10H,2-3,8,11H2,1H3,(H4,21,22,23). The lowest BCUT2D eigenvalue weighted by Crippen LogP contribution is -2.22. The quantitative estimate of drug-likeness (QED) is 0.311. The Balaban J connectivity index is 2.28. The van der Waals surface area contributed by atoms with Crippen molar-refractivity contribution in [1.82, 2.24) is 0 Å². The lowest BCUT2D eigenvalue weighted by molar-refractivity contribution is 0.456. The predicted octanol–water partition coefficient (Wildman–Crippen LogP) is 3.61. The highest BCUT2D eigenvalue weighted by Crippen LogP contribution is 2.36. The molecule has 170 valence electrons. The van der Waals surface area contributed by atoms with E-state index in [-0.39, 0.29) is 28.9 Å². The first-order chi connectivity index (χ1) is 14.4. The minimum absolute atomic E-state index is 0.0302. The van der Waals surface area contributed by atoms with Crippen molar-refractivity contribution in [2.24, 2.45) is 16.5 Å². The molecule has 9 nitrogen and oxygen atoms in total. The van der Waals surface area contributed by atoms with Gasteiger partial charge in [0.05, 0.1) is 26.1 Å². The molecule has 0 saturated heterocycles. The van der Waals surface area contributed by atoms with Crippen molar-refractivity contribution in [3.05, 3.63) is 50.9 Å². The molecule has 0 amide bonds. The van der Waals surface area contributed by atoms with Crippen LogP contribution in [-0.2, 0) is 30.4 Å². The zero-order chi connectivity index (χ0) is 23.2. The van der Waals surface area contributed by atoms with Crippen LogP contribution in [0.25, 0.3) is 0 Å². The fourth-order valence-electron chi connectivity index (χ4n) is 2.27. The molecule has 0 atom stereocenters. The van der Waals surface area contributed by atoms with Gasteiger partial charge in [-0.15, -0.1) is 3.63 Å². The van der Waals surface area contributed by atoms with Crippen molar-refractivity contribution in [3.63, 3.8) is 0 Å². The summed E-state index contributed by atoms with van der Waals surface area (Å²) in [6.45, 7) is 2.07. The van der Waals surface area contributed by atoms with E-state index in [1.165, 1.54) is 18.2 Å². The van der Waals surface area contributed by atoms with E-state index in [0.29, 0.717) is 27.5 Å². The van der Waals surface area contributed by atoms with Crippen LogP contribution < -0.4 is 16.2 Å². The number of guanidine groups is 1. The Bertz CT molecular complexity index is 1180. The highest BCUT2D eigenvalue weighted by molar-refractivity contribution is 9.11. The zero-order valence-corrected chi connectivity index (χ0v) is 21.2. The normalized spacial score (nSPS) is 11.8. The van der Waals surface area contributed by atoms with Crippen LogP contribution in [0.15, 0.2) is 55.2 Å². The van der Waals surface area contributed by atoms with Crippen LogP contribution in [0.3, 0.4) is 0 Å². The average Bonchev–Trinajstić information content (AvgIpc) is 2.67. The topological polar surface area (TPSA) is 151 Å². The SMILES string of the molecule is CCCCS(=O)(=O)OS(=O)(=O)c1ccc(Br)c(Oc2ccc(CN=C(N)N)cc2Br)c1. The molecule has 0 aliphatic rings. The van der Waals surface area contributed by atoms with E-state index in [0.717, 1.165) is 5.56 Å². The van der Waals surface area contributed by atoms with E-state index in [1.54, 1.807) is 25.1 Å². The number of aliphatic imine (C=N–C) groups is 1. The molecule has 2 rings (SSSR count). The second-order valence-corrected chi connectivity index (χ2v) is 11.5. The summed E-state index contributed by atoms with van der Waals surface area (Å²) in [7, 11) is -8.78. The molecular weight excluding hydrogens is 578 g/mol. The molecule has 0 bridgehead atoms. The van der Waals surface area contributed by atoms with Crippen molar-refractivity contribution < 1.29 is 25.2 Å². The number of halogens is 2. The summed E-state index contributed by atoms with van der Waals surface area (Å²) in [5.74, 6) is 0.118. The van der Waals surface area contributed by atoms with E-state index in [9.17, 15) is 16.8 Å². The number of benzene rings is 2. The average molecular weight is 599 g/mol.